The van der Waals surface area contributed by atoms with Crippen molar-refractivity contribution in [2.24, 2.45) is 0 Å². The number of anilines is 1. The summed E-state index contributed by atoms with van der Waals surface area (Å²) in [5.74, 6) is 0.594. The van der Waals surface area contributed by atoms with Crippen LogP contribution in [-0.2, 0) is 4.74 Å². The van der Waals surface area contributed by atoms with Gasteiger partial charge in [0.2, 0.25) is 0 Å². The zero-order valence-corrected chi connectivity index (χ0v) is 20.6. The summed E-state index contributed by atoms with van der Waals surface area (Å²) >= 11 is 0. The van der Waals surface area contributed by atoms with Gasteiger partial charge in [-0.15, -0.1) is 0 Å². The minimum atomic E-state index is -0.408. The molecule has 2 aromatic carbocycles. The molecule has 178 valence electrons. The molecule has 0 radical (unpaired) electrons. The van der Waals surface area contributed by atoms with E-state index >= 15 is 0 Å². The third-order valence-electron chi connectivity index (χ3n) is 6.85. The number of pyridine rings is 1. The zero-order chi connectivity index (χ0) is 24.7. The fraction of sp³-hybridized carbons (Fsp3) is 0.321. The zero-order valence-electron chi connectivity index (χ0n) is 20.6. The van der Waals surface area contributed by atoms with E-state index in [4.69, 9.17) is 9.72 Å². The molecule has 0 N–H and O–H groups in total. The Morgan fingerprint density at radius 3 is 2.66 bits per heavy atom. The molecule has 5 rings (SSSR count). The highest BCUT2D eigenvalue weighted by molar-refractivity contribution is 6.04. The normalized spacial score (nSPS) is 15.8. The number of carbonyl (C=O) groups is 1. The Kier molecular flexibility index (Phi) is 5.91. The molecule has 35 heavy (non-hydrogen) atoms. The lowest BCUT2D eigenvalue weighted by atomic mass is 9.97. The van der Waals surface area contributed by atoms with Crippen LogP contribution < -0.4 is 4.90 Å². The van der Waals surface area contributed by atoms with Crippen LogP contribution in [0, 0.1) is 18.3 Å². The number of esters is 1. The number of rotatable bonds is 5. The molecular formula is C28H29N5O2. The van der Waals surface area contributed by atoms with Crippen LogP contribution in [0.1, 0.15) is 41.3 Å². The summed E-state index contributed by atoms with van der Waals surface area (Å²) in [6, 6.07) is 18.2. The maximum absolute atomic E-state index is 12.8. The highest BCUT2D eigenvalue weighted by Crippen LogP contribution is 2.42. The predicted molar refractivity (Wildman–Crippen MR) is 138 cm³/mol. The van der Waals surface area contributed by atoms with Gasteiger partial charge in [0.25, 0.3) is 0 Å². The molecule has 0 aliphatic carbocycles. The number of ether oxygens (including phenoxy) is 1. The van der Waals surface area contributed by atoms with Gasteiger partial charge in [0, 0.05) is 12.1 Å². The minimum absolute atomic E-state index is 0.207. The van der Waals surface area contributed by atoms with Gasteiger partial charge < -0.3 is 9.64 Å². The molecule has 3 heterocycles. The Balaban J connectivity index is 1.96. The predicted octanol–water partition coefficient (Wildman–Crippen LogP) is 5.00. The van der Waals surface area contributed by atoms with Gasteiger partial charge in [-0.25, -0.2) is 9.78 Å². The van der Waals surface area contributed by atoms with Gasteiger partial charge in [0.15, 0.2) is 5.65 Å². The number of imidazole rings is 1. The lowest BCUT2D eigenvalue weighted by Gasteiger charge is -2.34. The van der Waals surface area contributed by atoms with Gasteiger partial charge in [0.05, 0.1) is 29.4 Å². The van der Waals surface area contributed by atoms with E-state index in [0.717, 1.165) is 47.4 Å². The fourth-order valence-electron chi connectivity index (χ4n) is 5.32. The van der Waals surface area contributed by atoms with E-state index in [0.29, 0.717) is 22.3 Å². The first-order chi connectivity index (χ1) is 17.0. The van der Waals surface area contributed by atoms with E-state index < -0.39 is 5.97 Å². The average Bonchev–Trinajstić information content (AvgIpc) is 3.49. The summed E-state index contributed by atoms with van der Waals surface area (Å²) in [4.78, 5) is 22.3. The van der Waals surface area contributed by atoms with Crippen LogP contribution in [0.25, 0.3) is 27.8 Å². The average molecular weight is 468 g/mol. The van der Waals surface area contributed by atoms with Crippen molar-refractivity contribution in [3.63, 3.8) is 0 Å². The molecule has 2 aromatic heterocycles. The van der Waals surface area contributed by atoms with E-state index in [1.807, 2.05) is 37.3 Å². The number of hydrogen-bond donors (Lipinski definition) is 0. The van der Waals surface area contributed by atoms with E-state index in [2.05, 4.69) is 46.5 Å². The van der Waals surface area contributed by atoms with Crippen molar-refractivity contribution in [1.29, 1.82) is 5.26 Å². The third kappa shape index (κ3) is 3.62. The van der Waals surface area contributed by atoms with E-state index in [1.54, 1.807) is 13.0 Å². The summed E-state index contributed by atoms with van der Waals surface area (Å²) in [6.45, 7) is 4.96. The number of para-hydroxylation sites is 1. The molecule has 1 aliphatic heterocycles. The number of aromatic nitrogens is 2. The molecule has 7 nitrogen and oxygen atoms in total. The fourth-order valence-corrected chi connectivity index (χ4v) is 5.32. The van der Waals surface area contributed by atoms with Crippen LogP contribution in [0.2, 0.25) is 0 Å². The van der Waals surface area contributed by atoms with E-state index in [1.165, 1.54) is 0 Å². The molecule has 1 aliphatic rings. The maximum atomic E-state index is 12.8. The molecule has 1 atom stereocenters. The molecule has 0 amide bonds. The van der Waals surface area contributed by atoms with Gasteiger partial charge in [-0.2, -0.15) is 5.26 Å². The van der Waals surface area contributed by atoms with Crippen molar-refractivity contribution in [2.75, 3.05) is 32.1 Å². The molecule has 0 spiro atoms. The van der Waals surface area contributed by atoms with E-state index in [-0.39, 0.29) is 12.8 Å². The van der Waals surface area contributed by atoms with Gasteiger partial charge in [-0.05, 0) is 64.0 Å². The van der Waals surface area contributed by atoms with Crippen molar-refractivity contribution >= 4 is 28.5 Å². The molecule has 1 saturated heterocycles. The first kappa shape index (κ1) is 22.9. The molecule has 1 fully saturated rings. The second-order valence-corrected chi connectivity index (χ2v) is 9.12. The monoisotopic (exact) mass is 467 g/mol. The third-order valence-corrected chi connectivity index (χ3v) is 6.85. The molecule has 7 heteroatoms. The molecule has 0 bridgehead atoms. The maximum Gasteiger partial charge on any atom is 0.340 e. The highest BCUT2D eigenvalue weighted by atomic mass is 16.5. The molecule has 4 aromatic rings. The molecule has 0 saturated carbocycles. The summed E-state index contributed by atoms with van der Waals surface area (Å²) in [7, 11) is 4.20. The van der Waals surface area contributed by atoms with Gasteiger partial charge in [-0.3, -0.25) is 9.30 Å². The van der Waals surface area contributed by atoms with Crippen molar-refractivity contribution in [2.45, 2.75) is 32.9 Å². The molecule has 1 unspecified atom stereocenters. The Morgan fingerprint density at radius 1 is 1.20 bits per heavy atom. The van der Waals surface area contributed by atoms with Crippen LogP contribution in [0.3, 0.4) is 0 Å². The topological polar surface area (TPSA) is 73.9 Å². The number of carbonyl (C=O) groups excluding carboxylic acids is 1. The number of benzene rings is 2. The Morgan fingerprint density at radius 2 is 1.97 bits per heavy atom. The minimum Gasteiger partial charge on any atom is -0.462 e. The standard InChI is InChI=1S/C28H29N5O2/c1-5-35-28(34)20-13-9-14-22-25(20)30-26-21(17-29)18(2)24(19-11-7-6-8-12-19)27(33(22)26)32-16-10-15-23(32)31(3)4/h6-9,11-14,23H,5,10,15-16H2,1-4H3. The summed E-state index contributed by atoms with van der Waals surface area (Å²) in [6.07, 6.45) is 2.32. The first-order valence-corrected chi connectivity index (χ1v) is 12.0. The van der Waals surface area contributed by atoms with Crippen molar-refractivity contribution in [3.8, 4) is 17.2 Å². The quantitative estimate of drug-likeness (QED) is 0.385. The second kappa shape index (κ2) is 9.05. The SMILES string of the molecule is CCOC(=O)c1cccc2c1nc1c(C#N)c(C)c(-c3ccccc3)c(N3CCCC3N(C)C)n12. The lowest BCUT2D eigenvalue weighted by molar-refractivity contribution is 0.0528. The van der Waals surface area contributed by atoms with Crippen LogP contribution >= 0.6 is 0 Å². The Hall–Kier alpha value is -3.89. The lowest BCUT2D eigenvalue weighted by Crippen LogP contribution is -2.41. The van der Waals surface area contributed by atoms with E-state index in [9.17, 15) is 10.1 Å². The van der Waals surface area contributed by atoms with Crippen LogP contribution in [0.5, 0.6) is 0 Å². The number of hydrogen-bond acceptors (Lipinski definition) is 6. The van der Waals surface area contributed by atoms with Gasteiger partial charge >= 0.3 is 5.97 Å². The van der Waals surface area contributed by atoms with Crippen molar-refractivity contribution in [1.82, 2.24) is 14.3 Å². The smallest absolute Gasteiger partial charge is 0.340 e. The Labute approximate surface area is 205 Å². The van der Waals surface area contributed by atoms with Gasteiger partial charge in [0.1, 0.15) is 17.4 Å². The van der Waals surface area contributed by atoms with Gasteiger partial charge in [-0.1, -0.05) is 36.4 Å². The number of nitriles is 1. The van der Waals surface area contributed by atoms with Crippen LogP contribution in [0.4, 0.5) is 5.82 Å². The van der Waals surface area contributed by atoms with Crippen molar-refractivity contribution < 1.29 is 9.53 Å². The summed E-state index contributed by atoms with van der Waals surface area (Å²) in [5, 5.41) is 10.3. The van der Waals surface area contributed by atoms with Crippen molar-refractivity contribution in [3.05, 3.63) is 65.2 Å². The largest absolute Gasteiger partial charge is 0.462 e. The summed E-state index contributed by atoms with van der Waals surface area (Å²) < 4.78 is 7.39. The number of fused-ring (bicyclic) bond motifs is 3. The first-order valence-electron chi connectivity index (χ1n) is 12.0. The highest BCUT2D eigenvalue weighted by Gasteiger charge is 2.33. The van der Waals surface area contributed by atoms with Crippen LogP contribution in [0.15, 0.2) is 48.5 Å². The Bertz CT molecular complexity index is 1470. The second-order valence-electron chi connectivity index (χ2n) is 9.12. The number of nitrogens with zero attached hydrogens (tertiary/aromatic N) is 5. The molecular weight excluding hydrogens is 438 g/mol. The summed E-state index contributed by atoms with van der Waals surface area (Å²) in [5.41, 5.74) is 5.78. The van der Waals surface area contributed by atoms with Crippen LogP contribution in [-0.4, -0.2) is 53.7 Å².